The molecule has 5 heterocycles. The van der Waals surface area contributed by atoms with Crippen molar-refractivity contribution < 1.29 is 4.42 Å². The van der Waals surface area contributed by atoms with Gasteiger partial charge in [-0.05, 0) is 53.2 Å². The zero-order chi connectivity index (χ0) is 31.8. The Morgan fingerprint density at radius 3 is 1.96 bits per heavy atom. The van der Waals surface area contributed by atoms with Crippen molar-refractivity contribution in [1.82, 2.24) is 18.9 Å². The first-order chi connectivity index (χ1) is 24.3. The van der Waals surface area contributed by atoms with E-state index in [1.165, 1.54) is 54.3 Å². The molecule has 0 atom stereocenters. The molecular weight excluding hydrogens is 601 g/mol. The summed E-state index contributed by atoms with van der Waals surface area (Å²) in [5, 5.41) is 10.7. The number of aromatic nitrogens is 4. The Morgan fingerprint density at radius 2 is 1.12 bits per heavy atom. The van der Waals surface area contributed by atoms with E-state index >= 15 is 0 Å². The number of rotatable bonds is 2. The van der Waals surface area contributed by atoms with Gasteiger partial charge in [0.2, 0.25) is 5.95 Å². The second kappa shape index (κ2) is 9.00. The Hall–Kier alpha value is -6.72. The molecule has 5 aromatic heterocycles. The average molecular weight is 625 g/mol. The molecule has 0 saturated carbocycles. The van der Waals surface area contributed by atoms with Crippen molar-refractivity contribution in [3.8, 4) is 17.2 Å². The molecule has 0 aliphatic carbocycles. The van der Waals surface area contributed by atoms with Crippen molar-refractivity contribution in [3.63, 3.8) is 0 Å². The molecule has 0 N–H and O–H groups in total. The van der Waals surface area contributed by atoms with Gasteiger partial charge >= 0.3 is 0 Å². The number of para-hydroxylation sites is 4. The third-order valence-corrected chi connectivity index (χ3v) is 10.4. The highest BCUT2D eigenvalue weighted by atomic mass is 16.3. The normalized spacial score (nSPS) is 12.5. The number of furan rings is 1. The fraction of sp³-hybridized carbons (Fsp3) is 0. The SMILES string of the molecule is c1ccc2cc(-c3nc(-n4c5ccccc5c5c6c7ccccc7n7c8ccccc8c(cc54)c67)nc4c3oc3ccccc34)ccc2c1. The topological polar surface area (TPSA) is 48.3 Å². The zero-order valence-corrected chi connectivity index (χ0v) is 26.1. The van der Waals surface area contributed by atoms with Gasteiger partial charge in [0, 0.05) is 43.3 Å². The van der Waals surface area contributed by atoms with Crippen LogP contribution in [0.15, 0.2) is 150 Å². The van der Waals surface area contributed by atoms with E-state index in [2.05, 4.69) is 136 Å². The van der Waals surface area contributed by atoms with Gasteiger partial charge < -0.3 is 8.82 Å². The molecule has 0 saturated heterocycles. The van der Waals surface area contributed by atoms with E-state index in [1.807, 2.05) is 18.2 Å². The molecule has 5 heteroatoms. The number of hydrogen-bond donors (Lipinski definition) is 0. The minimum absolute atomic E-state index is 0.620. The summed E-state index contributed by atoms with van der Waals surface area (Å²) in [6, 6.07) is 51.6. The second-order valence-corrected chi connectivity index (χ2v) is 13.0. The summed E-state index contributed by atoms with van der Waals surface area (Å²) in [7, 11) is 0. The van der Waals surface area contributed by atoms with Gasteiger partial charge in [0.15, 0.2) is 5.58 Å². The Labute approximate surface area is 278 Å². The maximum absolute atomic E-state index is 6.54. The van der Waals surface area contributed by atoms with Crippen LogP contribution in [-0.4, -0.2) is 18.9 Å². The molecule has 0 bridgehead atoms. The van der Waals surface area contributed by atoms with Crippen LogP contribution in [0.4, 0.5) is 0 Å². The van der Waals surface area contributed by atoms with Crippen LogP contribution in [0.2, 0.25) is 0 Å². The molecule has 0 aliphatic rings. The van der Waals surface area contributed by atoms with Gasteiger partial charge in [-0.3, -0.25) is 4.57 Å². The van der Waals surface area contributed by atoms with E-state index in [4.69, 9.17) is 14.4 Å². The van der Waals surface area contributed by atoms with Crippen LogP contribution in [0.1, 0.15) is 0 Å². The van der Waals surface area contributed by atoms with Gasteiger partial charge in [-0.15, -0.1) is 0 Å². The maximum atomic E-state index is 6.54. The fourth-order valence-corrected chi connectivity index (χ4v) is 8.39. The fourth-order valence-electron chi connectivity index (χ4n) is 8.39. The van der Waals surface area contributed by atoms with Gasteiger partial charge in [0.05, 0.1) is 27.6 Å². The van der Waals surface area contributed by atoms with Gasteiger partial charge in [0.25, 0.3) is 0 Å². The van der Waals surface area contributed by atoms with Crippen LogP contribution in [-0.2, 0) is 0 Å². The lowest BCUT2D eigenvalue weighted by molar-refractivity contribution is 0.666. The molecule has 0 aliphatic heterocycles. The highest BCUT2D eigenvalue weighted by molar-refractivity contribution is 6.35. The van der Waals surface area contributed by atoms with Crippen molar-refractivity contribution in [2.75, 3.05) is 0 Å². The number of hydrogen-bond acceptors (Lipinski definition) is 3. The first kappa shape index (κ1) is 25.4. The standard InChI is InChI=1S/C44H24N4O/c1-2-12-26-23-27(22-21-25(26)11-1)40-43-41(31-16-6-10-20-37(31)49-43)46-44(45-40)48-35-19-9-4-14-29(35)38-36(48)24-32-28-13-3-7-17-33(28)47-34-18-8-5-15-30(34)39(38)42(32)47/h1-24H. The van der Waals surface area contributed by atoms with E-state index in [-0.39, 0.29) is 0 Å². The predicted octanol–water partition coefficient (Wildman–Crippen LogP) is 11.4. The first-order valence-corrected chi connectivity index (χ1v) is 16.6. The van der Waals surface area contributed by atoms with Crippen molar-refractivity contribution in [2.45, 2.75) is 0 Å². The van der Waals surface area contributed by atoms with Gasteiger partial charge in [-0.1, -0.05) is 103 Å². The Bertz CT molecular complexity index is 3340. The van der Waals surface area contributed by atoms with E-state index in [0.717, 1.165) is 44.2 Å². The maximum Gasteiger partial charge on any atom is 0.236 e. The lowest BCUT2D eigenvalue weighted by atomic mass is 10.0. The van der Waals surface area contributed by atoms with Crippen LogP contribution in [0.25, 0.3) is 110 Å². The van der Waals surface area contributed by atoms with Crippen LogP contribution in [0.5, 0.6) is 0 Å². The zero-order valence-electron chi connectivity index (χ0n) is 26.1. The molecule has 12 aromatic rings. The Kier molecular flexibility index (Phi) is 4.66. The van der Waals surface area contributed by atoms with Crippen molar-refractivity contribution >= 4 is 92.7 Å². The summed E-state index contributed by atoms with van der Waals surface area (Å²) in [4.78, 5) is 10.8. The molecule has 7 aromatic carbocycles. The molecule has 0 amide bonds. The summed E-state index contributed by atoms with van der Waals surface area (Å²) >= 11 is 0. The minimum atomic E-state index is 0.620. The first-order valence-electron chi connectivity index (χ1n) is 16.6. The van der Waals surface area contributed by atoms with Crippen LogP contribution in [0, 0.1) is 0 Å². The second-order valence-electron chi connectivity index (χ2n) is 13.0. The van der Waals surface area contributed by atoms with E-state index in [9.17, 15) is 0 Å². The average Bonchev–Trinajstić information content (AvgIpc) is 3.89. The summed E-state index contributed by atoms with van der Waals surface area (Å²) in [5.41, 5.74) is 9.91. The smallest absolute Gasteiger partial charge is 0.236 e. The minimum Gasteiger partial charge on any atom is -0.452 e. The van der Waals surface area contributed by atoms with Gasteiger partial charge in [0.1, 0.15) is 16.8 Å². The van der Waals surface area contributed by atoms with Gasteiger partial charge in [-0.25, -0.2) is 9.97 Å². The monoisotopic (exact) mass is 624 g/mol. The van der Waals surface area contributed by atoms with E-state index < -0.39 is 0 Å². The third-order valence-electron chi connectivity index (χ3n) is 10.4. The molecule has 226 valence electrons. The molecule has 0 fully saturated rings. The Morgan fingerprint density at radius 1 is 0.469 bits per heavy atom. The van der Waals surface area contributed by atoms with Crippen LogP contribution < -0.4 is 0 Å². The summed E-state index contributed by atoms with van der Waals surface area (Å²) in [6.07, 6.45) is 0. The van der Waals surface area contributed by atoms with E-state index in [1.54, 1.807) is 0 Å². The quantitative estimate of drug-likeness (QED) is 0.192. The molecular formula is C44H24N4O. The molecule has 0 spiro atoms. The molecule has 12 rings (SSSR count). The molecule has 0 unspecified atom stereocenters. The van der Waals surface area contributed by atoms with Crippen LogP contribution in [0.3, 0.4) is 0 Å². The summed E-state index contributed by atoms with van der Waals surface area (Å²) in [5.74, 6) is 0.620. The van der Waals surface area contributed by atoms with Crippen molar-refractivity contribution in [2.24, 2.45) is 0 Å². The lowest BCUT2D eigenvalue weighted by Gasteiger charge is -2.10. The Balaban J connectivity index is 1.29. The van der Waals surface area contributed by atoms with E-state index in [0.29, 0.717) is 11.5 Å². The van der Waals surface area contributed by atoms with Crippen molar-refractivity contribution in [3.05, 3.63) is 146 Å². The highest BCUT2D eigenvalue weighted by Gasteiger charge is 2.26. The largest absolute Gasteiger partial charge is 0.452 e. The summed E-state index contributed by atoms with van der Waals surface area (Å²) < 4.78 is 11.2. The van der Waals surface area contributed by atoms with Gasteiger partial charge in [-0.2, -0.15) is 0 Å². The third kappa shape index (κ3) is 3.19. The van der Waals surface area contributed by atoms with Crippen molar-refractivity contribution in [1.29, 1.82) is 0 Å². The predicted molar refractivity (Wildman–Crippen MR) is 201 cm³/mol. The lowest BCUT2D eigenvalue weighted by Crippen LogP contribution is -2.03. The number of benzene rings is 7. The molecule has 5 nitrogen and oxygen atoms in total. The molecule has 0 radical (unpaired) electrons. The molecule has 49 heavy (non-hydrogen) atoms. The van der Waals surface area contributed by atoms with Crippen LogP contribution >= 0.6 is 0 Å². The highest BCUT2D eigenvalue weighted by Crippen LogP contribution is 2.46. The summed E-state index contributed by atoms with van der Waals surface area (Å²) in [6.45, 7) is 0. The number of nitrogens with zero attached hydrogens (tertiary/aromatic N) is 4. The number of fused-ring (bicyclic) bond motifs is 14.